The molecular formula is C22H21ClF3N3O2S. The van der Waals surface area contributed by atoms with Gasteiger partial charge in [0.1, 0.15) is 17.3 Å². The third-order valence-corrected chi connectivity index (χ3v) is 6.45. The first-order chi connectivity index (χ1) is 15.1. The monoisotopic (exact) mass is 483 g/mol. The van der Waals surface area contributed by atoms with Crippen molar-refractivity contribution in [2.45, 2.75) is 42.4 Å². The van der Waals surface area contributed by atoms with Crippen LogP contribution in [0.1, 0.15) is 30.0 Å². The molecule has 3 rings (SSSR count). The van der Waals surface area contributed by atoms with Gasteiger partial charge in [-0.1, -0.05) is 48.0 Å². The maximum absolute atomic E-state index is 13.9. The Morgan fingerprint density at radius 2 is 1.94 bits per heavy atom. The number of hydrogen-bond donors (Lipinski definition) is 3. The Kier molecular flexibility index (Phi) is 7.59. The Balaban J connectivity index is 1.79. The number of phenols is 1. The molecule has 0 radical (unpaired) electrons. The van der Waals surface area contributed by atoms with E-state index in [0.29, 0.717) is 18.6 Å². The minimum atomic E-state index is -4.73. The minimum Gasteiger partial charge on any atom is -0.506 e. The quantitative estimate of drug-likeness (QED) is 0.481. The highest BCUT2D eigenvalue weighted by molar-refractivity contribution is 7.98. The summed E-state index contributed by atoms with van der Waals surface area (Å²) in [5, 5.41) is 23.6. The van der Waals surface area contributed by atoms with Crippen LogP contribution in [0.5, 0.6) is 5.75 Å². The van der Waals surface area contributed by atoms with Gasteiger partial charge in [-0.25, -0.2) is 0 Å². The van der Waals surface area contributed by atoms with Gasteiger partial charge < -0.3 is 10.4 Å². The van der Waals surface area contributed by atoms with Crippen LogP contribution < -0.4 is 10.6 Å². The number of nitrogens with one attached hydrogen (secondary N) is 2. The highest BCUT2D eigenvalue weighted by Gasteiger charge is 2.47. The summed E-state index contributed by atoms with van der Waals surface area (Å²) >= 11 is 7.12. The number of benzene rings is 2. The van der Waals surface area contributed by atoms with Gasteiger partial charge in [0.25, 0.3) is 0 Å². The number of hydrogen-bond acceptors (Lipinski definition) is 5. The van der Waals surface area contributed by atoms with E-state index in [1.165, 1.54) is 11.8 Å². The molecule has 0 unspecified atom stereocenters. The molecule has 10 heteroatoms. The first kappa shape index (κ1) is 24.2. The summed E-state index contributed by atoms with van der Waals surface area (Å²) in [5.41, 5.74) is -0.256. The smallest absolute Gasteiger partial charge is 0.407 e. The van der Waals surface area contributed by atoms with Gasteiger partial charge in [0.15, 0.2) is 0 Å². The van der Waals surface area contributed by atoms with Crippen LogP contribution in [0.15, 0.2) is 48.5 Å². The van der Waals surface area contributed by atoms with E-state index in [1.54, 1.807) is 0 Å². The zero-order chi connectivity index (χ0) is 23.4. The van der Waals surface area contributed by atoms with Crippen LogP contribution in [0.3, 0.4) is 0 Å². The van der Waals surface area contributed by atoms with Crippen molar-refractivity contribution in [1.29, 1.82) is 5.26 Å². The second kappa shape index (κ2) is 10.0. The number of carbonyl (C=O) groups is 1. The number of nitrogens with zero attached hydrogens (tertiary/aromatic N) is 1. The van der Waals surface area contributed by atoms with Crippen LogP contribution >= 0.6 is 23.4 Å². The number of aromatic hydroxyl groups is 1. The van der Waals surface area contributed by atoms with E-state index in [0.717, 1.165) is 23.8 Å². The van der Waals surface area contributed by atoms with Crippen molar-refractivity contribution < 1.29 is 23.1 Å². The standard InChI is InChI=1S/C22H21ClF3N3O2S/c23-16-10-15(6-7-18(16)30)19(22(24,25)26)28-17(20(31)29-21(13-27)8-9-21)12-32-11-14-4-2-1-3-5-14/h1-7,10,17,19,28,30H,8-9,11-12H2,(H,29,31)/t17-,19-/m0/s1. The SMILES string of the molecule is N#CC1(NC(=O)[C@H](CSCc2ccccc2)N[C@@H](c2ccc(O)c(Cl)c2)C(F)(F)F)CC1. The van der Waals surface area contributed by atoms with E-state index in [-0.39, 0.29) is 22.1 Å². The minimum absolute atomic E-state index is 0.0562. The Morgan fingerprint density at radius 3 is 2.50 bits per heavy atom. The fraction of sp³-hybridized carbons (Fsp3) is 0.364. The van der Waals surface area contributed by atoms with Gasteiger partial charge >= 0.3 is 6.18 Å². The van der Waals surface area contributed by atoms with Gasteiger partial charge in [-0.3, -0.25) is 10.1 Å². The van der Waals surface area contributed by atoms with Crippen LogP contribution in [0, 0.1) is 11.3 Å². The maximum atomic E-state index is 13.9. The predicted molar refractivity (Wildman–Crippen MR) is 117 cm³/mol. The molecule has 2 atom stereocenters. The Labute approximate surface area is 193 Å². The Hall–Kier alpha value is -2.41. The van der Waals surface area contributed by atoms with Crippen molar-refractivity contribution in [3.8, 4) is 11.8 Å². The van der Waals surface area contributed by atoms with Crippen molar-refractivity contribution in [2.24, 2.45) is 0 Å². The summed E-state index contributed by atoms with van der Waals surface area (Å²) in [6, 6.07) is 11.2. The fourth-order valence-electron chi connectivity index (χ4n) is 3.06. The maximum Gasteiger partial charge on any atom is 0.407 e. The first-order valence-electron chi connectivity index (χ1n) is 9.80. The molecule has 1 aliphatic rings. The molecule has 32 heavy (non-hydrogen) atoms. The van der Waals surface area contributed by atoms with Gasteiger partial charge in [0.05, 0.1) is 17.1 Å². The zero-order valence-electron chi connectivity index (χ0n) is 16.8. The highest BCUT2D eigenvalue weighted by atomic mass is 35.5. The summed E-state index contributed by atoms with van der Waals surface area (Å²) in [6.45, 7) is 0. The first-order valence-corrected chi connectivity index (χ1v) is 11.3. The number of nitriles is 1. The average molecular weight is 484 g/mol. The lowest BCUT2D eigenvalue weighted by Crippen LogP contribution is -2.52. The molecule has 1 aliphatic carbocycles. The van der Waals surface area contributed by atoms with Crippen LogP contribution in [0.4, 0.5) is 13.2 Å². The van der Waals surface area contributed by atoms with E-state index < -0.39 is 29.7 Å². The normalized spacial score (nSPS) is 16.6. The number of carbonyl (C=O) groups excluding carboxylic acids is 1. The summed E-state index contributed by atoms with van der Waals surface area (Å²) in [5.74, 6) is -0.435. The number of thioether (sulfide) groups is 1. The van der Waals surface area contributed by atoms with Crippen molar-refractivity contribution in [3.63, 3.8) is 0 Å². The lowest BCUT2D eigenvalue weighted by atomic mass is 10.0. The summed E-state index contributed by atoms with van der Waals surface area (Å²) in [4.78, 5) is 12.8. The Morgan fingerprint density at radius 1 is 1.25 bits per heavy atom. The van der Waals surface area contributed by atoms with Crippen LogP contribution in [-0.2, 0) is 10.5 Å². The van der Waals surface area contributed by atoms with E-state index in [4.69, 9.17) is 11.6 Å². The molecule has 1 fully saturated rings. The topological polar surface area (TPSA) is 85.2 Å². The highest BCUT2D eigenvalue weighted by Crippen LogP contribution is 2.37. The Bertz CT molecular complexity index is 994. The largest absolute Gasteiger partial charge is 0.506 e. The molecule has 170 valence electrons. The lowest BCUT2D eigenvalue weighted by Gasteiger charge is -2.28. The molecule has 0 saturated heterocycles. The molecule has 3 N–H and O–H groups in total. The van der Waals surface area contributed by atoms with Crippen LogP contribution in [0.2, 0.25) is 5.02 Å². The zero-order valence-corrected chi connectivity index (χ0v) is 18.4. The number of amides is 1. The third-order valence-electron chi connectivity index (χ3n) is 5.04. The van der Waals surface area contributed by atoms with Gasteiger partial charge in [0.2, 0.25) is 5.91 Å². The number of rotatable bonds is 9. The molecule has 0 spiro atoms. The summed E-state index contributed by atoms with van der Waals surface area (Å²) < 4.78 is 41.7. The van der Waals surface area contributed by atoms with Crippen molar-refractivity contribution in [2.75, 3.05) is 5.75 Å². The van der Waals surface area contributed by atoms with Gasteiger partial charge in [0, 0.05) is 11.5 Å². The number of alkyl halides is 3. The van der Waals surface area contributed by atoms with E-state index in [2.05, 4.69) is 10.6 Å². The molecular weight excluding hydrogens is 463 g/mol. The molecule has 0 heterocycles. The third kappa shape index (κ3) is 6.31. The average Bonchev–Trinajstić information content (AvgIpc) is 3.52. The van der Waals surface area contributed by atoms with Crippen molar-refractivity contribution in [3.05, 3.63) is 64.7 Å². The van der Waals surface area contributed by atoms with Crippen LogP contribution in [0.25, 0.3) is 0 Å². The lowest BCUT2D eigenvalue weighted by molar-refractivity contribution is -0.160. The molecule has 0 aliphatic heterocycles. The van der Waals surface area contributed by atoms with E-state index >= 15 is 0 Å². The van der Waals surface area contributed by atoms with Crippen molar-refractivity contribution >= 4 is 29.3 Å². The van der Waals surface area contributed by atoms with Gasteiger partial charge in [-0.05, 0) is 36.1 Å². The summed E-state index contributed by atoms with van der Waals surface area (Å²) in [6.07, 6.45) is -3.79. The second-order valence-electron chi connectivity index (χ2n) is 7.59. The van der Waals surface area contributed by atoms with Gasteiger partial charge in [-0.2, -0.15) is 30.2 Å². The number of halogens is 4. The molecule has 5 nitrogen and oxygen atoms in total. The molecule has 2 aromatic rings. The summed E-state index contributed by atoms with van der Waals surface area (Å²) in [7, 11) is 0. The predicted octanol–water partition coefficient (Wildman–Crippen LogP) is 4.71. The number of phenolic OH excluding ortho intramolecular Hbond substituents is 1. The van der Waals surface area contributed by atoms with E-state index in [9.17, 15) is 28.3 Å². The molecule has 1 amide bonds. The van der Waals surface area contributed by atoms with Crippen LogP contribution in [-0.4, -0.2) is 34.5 Å². The molecule has 0 aromatic heterocycles. The van der Waals surface area contributed by atoms with Gasteiger partial charge in [-0.15, -0.1) is 0 Å². The molecule has 2 aromatic carbocycles. The molecule has 0 bridgehead atoms. The van der Waals surface area contributed by atoms with E-state index in [1.807, 2.05) is 36.4 Å². The molecule has 1 saturated carbocycles. The van der Waals surface area contributed by atoms with Crippen molar-refractivity contribution in [1.82, 2.24) is 10.6 Å². The second-order valence-corrected chi connectivity index (χ2v) is 9.03. The fourth-order valence-corrected chi connectivity index (χ4v) is 4.28.